The van der Waals surface area contributed by atoms with Crippen molar-refractivity contribution in [1.82, 2.24) is 9.97 Å². The molecule has 1 atom stereocenters. The zero-order chi connectivity index (χ0) is 16.6. The molecule has 3 rings (SSSR count). The zero-order valence-electron chi connectivity index (χ0n) is 12.6. The standard InChI is InChI=1S/C16H14BrN3O2S/c1-9-7-10(2)19-16(18-9)23-13-8-14(21)20(15(13)22)12-5-3-11(17)4-6-12/h3-7,13H,8H2,1-2H3/t13-/m0/s1. The summed E-state index contributed by atoms with van der Waals surface area (Å²) in [7, 11) is 0. The lowest BCUT2D eigenvalue weighted by molar-refractivity contribution is -0.121. The Morgan fingerprint density at radius 3 is 2.35 bits per heavy atom. The SMILES string of the molecule is Cc1cc(C)nc(S[C@H]2CC(=O)N(c3ccc(Br)cc3)C2=O)n1. The maximum atomic E-state index is 12.6. The molecule has 2 aromatic rings. The highest BCUT2D eigenvalue weighted by Crippen LogP contribution is 2.33. The molecule has 0 spiro atoms. The van der Waals surface area contributed by atoms with Crippen LogP contribution in [-0.2, 0) is 9.59 Å². The lowest BCUT2D eigenvalue weighted by Gasteiger charge is -2.14. The number of thioether (sulfide) groups is 1. The Hall–Kier alpha value is -1.73. The summed E-state index contributed by atoms with van der Waals surface area (Å²) in [6.45, 7) is 3.77. The highest BCUT2D eigenvalue weighted by molar-refractivity contribution is 9.10. The Labute approximate surface area is 146 Å². The smallest absolute Gasteiger partial charge is 0.247 e. The van der Waals surface area contributed by atoms with Gasteiger partial charge < -0.3 is 0 Å². The Balaban J connectivity index is 1.82. The van der Waals surface area contributed by atoms with Gasteiger partial charge in [-0.2, -0.15) is 0 Å². The van der Waals surface area contributed by atoms with Crippen LogP contribution in [0, 0.1) is 13.8 Å². The van der Waals surface area contributed by atoms with Crippen LogP contribution in [0.1, 0.15) is 17.8 Å². The second-order valence-corrected chi connectivity index (χ2v) is 7.37. The van der Waals surface area contributed by atoms with Crippen LogP contribution in [0.5, 0.6) is 0 Å². The van der Waals surface area contributed by atoms with E-state index in [1.54, 1.807) is 12.1 Å². The Kier molecular flexibility index (Phi) is 4.50. The van der Waals surface area contributed by atoms with Gasteiger partial charge in [-0.3, -0.25) is 9.59 Å². The van der Waals surface area contributed by atoms with Crippen molar-refractivity contribution in [1.29, 1.82) is 0 Å². The lowest BCUT2D eigenvalue weighted by Crippen LogP contribution is -2.31. The summed E-state index contributed by atoms with van der Waals surface area (Å²) in [4.78, 5) is 34.7. The van der Waals surface area contributed by atoms with E-state index in [0.29, 0.717) is 10.8 Å². The van der Waals surface area contributed by atoms with E-state index in [0.717, 1.165) is 15.9 Å². The van der Waals surface area contributed by atoms with E-state index in [1.807, 2.05) is 32.0 Å². The summed E-state index contributed by atoms with van der Waals surface area (Å²) < 4.78 is 0.898. The molecule has 1 saturated heterocycles. The van der Waals surface area contributed by atoms with Gasteiger partial charge in [-0.05, 0) is 44.2 Å². The minimum Gasteiger partial charge on any atom is -0.274 e. The van der Waals surface area contributed by atoms with E-state index in [4.69, 9.17) is 0 Å². The van der Waals surface area contributed by atoms with Crippen LogP contribution in [0.15, 0.2) is 40.0 Å². The van der Waals surface area contributed by atoms with Gasteiger partial charge in [0.15, 0.2) is 5.16 Å². The van der Waals surface area contributed by atoms with Crippen LogP contribution < -0.4 is 4.90 Å². The molecule has 2 amide bonds. The third kappa shape index (κ3) is 3.45. The number of benzene rings is 1. The molecule has 7 heteroatoms. The summed E-state index contributed by atoms with van der Waals surface area (Å²) >= 11 is 4.59. The Bertz CT molecular complexity index is 759. The number of nitrogens with zero attached hydrogens (tertiary/aromatic N) is 3. The average Bonchev–Trinajstić information content (AvgIpc) is 2.74. The number of halogens is 1. The van der Waals surface area contributed by atoms with Gasteiger partial charge in [0.1, 0.15) is 5.25 Å². The van der Waals surface area contributed by atoms with Crippen molar-refractivity contribution in [3.63, 3.8) is 0 Å². The molecular formula is C16H14BrN3O2S. The molecule has 5 nitrogen and oxygen atoms in total. The number of aromatic nitrogens is 2. The predicted molar refractivity (Wildman–Crippen MR) is 92.4 cm³/mol. The van der Waals surface area contributed by atoms with Crippen LogP contribution in [0.2, 0.25) is 0 Å². The molecule has 0 bridgehead atoms. The highest BCUT2D eigenvalue weighted by atomic mass is 79.9. The fraction of sp³-hybridized carbons (Fsp3) is 0.250. The summed E-state index contributed by atoms with van der Waals surface area (Å²) in [5, 5.41) is 0.0543. The van der Waals surface area contributed by atoms with Gasteiger partial charge in [-0.15, -0.1) is 0 Å². The topological polar surface area (TPSA) is 63.2 Å². The molecule has 0 saturated carbocycles. The van der Waals surface area contributed by atoms with Gasteiger partial charge in [0.05, 0.1) is 5.69 Å². The van der Waals surface area contributed by atoms with Gasteiger partial charge in [0.25, 0.3) is 0 Å². The van der Waals surface area contributed by atoms with Gasteiger partial charge >= 0.3 is 0 Å². The van der Waals surface area contributed by atoms with Crippen LogP contribution in [0.25, 0.3) is 0 Å². The van der Waals surface area contributed by atoms with E-state index in [9.17, 15) is 9.59 Å². The van der Waals surface area contributed by atoms with Crippen LogP contribution in [0.4, 0.5) is 5.69 Å². The van der Waals surface area contributed by atoms with Crippen LogP contribution in [-0.4, -0.2) is 27.0 Å². The molecule has 0 unspecified atom stereocenters. The van der Waals surface area contributed by atoms with E-state index in [-0.39, 0.29) is 18.2 Å². The molecule has 1 aromatic carbocycles. The number of carbonyl (C=O) groups excluding carboxylic acids is 2. The second-order valence-electron chi connectivity index (χ2n) is 5.29. The first-order chi connectivity index (χ1) is 10.9. The van der Waals surface area contributed by atoms with Crippen molar-refractivity contribution in [3.8, 4) is 0 Å². The third-order valence-corrected chi connectivity index (χ3v) is 4.97. The number of rotatable bonds is 3. The number of anilines is 1. The molecule has 1 fully saturated rings. The minimum absolute atomic E-state index is 0.163. The molecule has 0 aliphatic carbocycles. The van der Waals surface area contributed by atoms with E-state index < -0.39 is 5.25 Å². The number of hydrogen-bond donors (Lipinski definition) is 0. The average molecular weight is 392 g/mol. The van der Waals surface area contributed by atoms with Crippen molar-refractivity contribution in [2.45, 2.75) is 30.7 Å². The third-order valence-electron chi connectivity index (χ3n) is 3.40. The number of amides is 2. The van der Waals surface area contributed by atoms with Gasteiger partial charge in [-0.25, -0.2) is 14.9 Å². The minimum atomic E-state index is -0.479. The first-order valence-corrected chi connectivity index (χ1v) is 8.72. The van der Waals surface area contributed by atoms with Gasteiger partial charge in [0.2, 0.25) is 11.8 Å². The molecule has 23 heavy (non-hydrogen) atoms. The van der Waals surface area contributed by atoms with Crippen LogP contribution >= 0.6 is 27.7 Å². The first kappa shape index (κ1) is 16.1. The molecule has 1 aromatic heterocycles. The summed E-state index contributed by atoms with van der Waals surface area (Å²) in [6.07, 6.45) is 0.163. The number of carbonyl (C=O) groups is 2. The van der Waals surface area contributed by atoms with E-state index in [2.05, 4.69) is 25.9 Å². The maximum absolute atomic E-state index is 12.6. The number of hydrogen-bond acceptors (Lipinski definition) is 5. The molecule has 0 N–H and O–H groups in total. The second kappa shape index (κ2) is 6.41. The van der Waals surface area contributed by atoms with Crippen molar-refractivity contribution in [3.05, 3.63) is 46.2 Å². The number of imide groups is 1. The van der Waals surface area contributed by atoms with Gasteiger partial charge in [-0.1, -0.05) is 27.7 Å². The highest BCUT2D eigenvalue weighted by Gasteiger charge is 2.40. The number of aryl methyl sites for hydroxylation is 2. The zero-order valence-corrected chi connectivity index (χ0v) is 15.0. The van der Waals surface area contributed by atoms with E-state index >= 15 is 0 Å². The fourth-order valence-corrected chi connectivity index (χ4v) is 3.78. The van der Waals surface area contributed by atoms with Crippen molar-refractivity contribution < 1.29 is 9.59 Å². The van der Waals surface area contributed by atoms with E-state index in [1.165, 1.54) is 16.7 Å². The van der Waals surface area contributed by atoms with Crippen molar-refractivity contribution in [2.75, 3.05) is 4.90 Å². The van der Waals surface area contributed by atoms with Gasteiger partial charge in [0, 0.05) is 22.3 Å². The normalized spacial score (nSPS) is 17.9. The lowest BCUT2D eigenvalue weighted by atomic mass is 10.3. The molecule has 118 valence electrons. The summed E-state index contributed by atoms with van der Waals surface area (Å²) in [5.74, 6) is -0.413. The summed E-state index contributed by atoms with van der Waals surface area (Å²) in [6, 6.07) is 8.99. The molecule has 0 radical (unpaired) electrons. The summed E-state index contributed by atoms with van der Waals surface area (Å²) in [5.41, 5.74) is 2.29. The molecule has 1 aliphatic heterocycles. The maximum Gasteiger partial charge on any atom is 0.247 e. The first-order valence-electron chi connectivity index (χ1n) is 7.05. The van der Waals surface area contributed by atoms with Crippen molar-refractivity contribution in [2.24, 2.45) is 0 Å². The largest absolute Gasteiger partial charge is 0.274 e. The molecule has 1 aliphatic rings. The Morgan fingerprint density at radius 1 is 1.13 bits per heavy atom. The monoisotopic (exact) mass is 391 g/mol. The van der Waals surface area contributed by atoms with Crippen molar-refractivity contribution >= 4 is 45.2 Å². The molecular weight excluding hydrogens is 378 g/mol. The fourth-order valence-electron chi connectivity index (χ4n) is 2.43. The molecule has 2 heterocycles. The Morgan fingerprint density at radius 2 is 1.74 bits per heavy atom. The quantitative estimate of drug-likeness (QED) is 0.593. The van der Waals surface area contributed by atoms with Crippen LogP contribution in [0.3, 0.4) is 0 Å². The predicted octanol–water partition coefficient (Wildman–Crippen LogP) is 3.28.